The second kappa shape index (κ2) is 11.9. The normalized spacial score (nSPS) is 10.9. The lowest BCUT2D eigenvalue weighted by Crippen LogP contribution is -2.40. The summed E-state index contributed by atoms with van der Waals surface area (Å²) in [6.45, 7) is 6.54. The summed E-state index contributed by atoms with van der Waals surface area (Å²) in [5, 5.41) is 8.87. The summed E-state index contributed by atoms with van der Waals surface area (Å²) in [6.07, 6.45) is 1.90. The predicted molar refractivity (Wildman–Crippen MR) is 137 cm³/mol. The summed E-state index contributed by atoms with van der Waals surface area (Å²) < 4.78 is 5.86. The van der Waals surface area contributed by atoms with E-state index in [4.69, 9.17) is 4.74 Å². The van der Waals surface area contributed by atoms with Gasteiger partial charge in [-0.05, 0) is 75.6 Å². The van der Waals surface area contributed by atoms with E-state index < -0.39 is 0 Å². The van der Waals surface area contributed by atoms with E-state index in [1.807, 2.05) is 63.2 Å². The van der Waals surface area contributed by atoms with Gasteiger partial charge in [0.05, 0.1) is 13.2 Å². The van der Waals surface area contributed by atoms with Crippen molar-refractivity contribution in [3.63, 3.8) is 0 Å². The van der Waals surface area contributed by atoms with E-state index in [1.54, 1.807) is 24.3 Å². The second-order valence-corrected chi connectivity index (χ2v) is 9.15. The van der Waals surface area contributed by atoms with Gasteiger partial charge >= 0.3 is 0 Å². The monoisotopic (exact) mass is 459 g/mol. The van der Waals surface area contributed by atoms with Gasteiger partial charge in [0.25, 0.3) is 5.91 Å². The van der Waals surface area contributed by atoms with Crippen LogP contribution in [0.15, 0.2) is 78.9 Å². The van der Waals surface area contributed by atoms with Crippen molar-refractivity contribution < 1.29 is 14.3 Å². The van der Waals surface area contributed by atoms with Crippen LogP contribution in [0.3, 0.4) is 0 Å². The van der Waals surface area contributed by atoms with E-state index in [0.29, 0.717) is 17.9 Å². The molecule has 178 valence electrons. The number of carbonyl (C=O) groups excluding carboxylic acids is 2. The SMILES string of the molecule is CC(C)(C)NC(=O)c1ccc(NC(=O)CNc2cccc(OCCCc3ccccc3)c2)cc1. The highest BCUT2D eigenvalue weighted by Crippen LogP contribution is 2.18. The standard InChI is InChI=1S/C28H33N3O3/c1-28(2,3)31-27(33)22-14-16-23(17-15-22)30-26(32)20-29-24-12-7-13-25(19-24)34-18-8-11-21-9-5-4-6-10-21/h4-7,9-10,12-17,19,29H,8,11,18,20H2,1-3H3,(H,30,32)(H,31,33). The number of hydrogen-bond acceptors (Lipinski definition) is 4. The molecule has 0 fully saturated rings. The number of hydrogen-bond donors (Lipinski definition) is 3. The van der Waals surface area contributed by atoms with Crippen molar-refractivity contribution in [2.24, 2.45) is 0 Å². The number of anilines is 2. The molecule has 0 aromatic heterocycles. The van der Waals surface area contributed by atoms with E-state index in [0.717, 1.165) is 24.3 Å². The zero-order valence-corrected chi connectivity index (χ0v) is 20.1. The Hall–Kier alpha value is -3.80. The molecule has 2 amide bonds. The second-order valence-electron chi connectivity index (χ2n) is 9.15. The Morgan fingerprint density at radius 3 is 2.29 bits per heavy atom. The predicted octanol–water partition coefficient (Wildman–Crippen LogP) is 5.28. The van der Waals surface area contributed by atoms with Gasteiger partial charge in [0.15, 0.2) is 0 Å². The Kier molecular flexibility index (Phi) is 8.68. The fraction of sp³-hybridized carbons (Fsp3) is 0.286. The Balaban J connectivity index is 1.41. The van der Waals surface area contributed by atoms with Gasteiger partial charge in [-0.3, -0.25) is 9.59 Å². The molecule has 0 spiro atoms. The molecule has 3 aromatic rings. The van der Waals surface area contributed by atoms with Crippen molar-refractivity contribution in [2.45, 2.75) is 39.2 Å². The molecule has 0 saturated carbocycles. The Labute approximate surface area is 201 Å². The van der Waals surface area contributed by atoms with Gasteiger partial charge in [-0.2, -0.15) is 0 Å². The van der Waals surface area contributed by atoms with Crippen LogP contribution in [-0.2, 0) is 11.2 Å². The van der Waals surface area contributed by atoms with Crippen LogP contribution in [0.5, 0.6) is 5.75 Å². The number of amides is 2. The number of nitrogens with one attached hydrogen (secondary N) is 3. The Bertz CT molecular complexity index is 1070. The zero-order valence-electron chi connectivity index (χ0n) is 20.1. The number of benzene rings is 3. The molecule has 0 aliphatic rings. The molecule has 3 aromatic carbocycles. The van der Waals surface area contributed by atoms with Gasteiger partial charge in [-0.25, -0.2) is 0 Å². The maximum Gasteiger partial charge on any atom is 0.251 e. The van der Waals surface area contributed by atoms with Crippen LogP contribution in [0.2, 0.25) is 0 Å². The van der Waals surface area contributed by atoms with Gasteiger partial charge in [0.2, 0.25) is 5.91 Å². The average Bonchev–Trinajstić information content (AvgIpc) is 2.81. The first kappa shape index (κ1) is 24.8. The van der Waals surface area contributed by atoms with E-state index >= 15 is 0 Å². The fourth-order valence-electron chi connectivity index (χ4n) is 3.31. The first-order valence-corrected chi connectivity index (χ1v) is 11.5. The average molecular weight is 460 g/mol. The van der Waals surface area contributed by atoms with Gasteiger partial charge < -0.3 is 20.7 Å². The van der Waals surface area contributed by atoms with Crippen LogP contribution in [0.25, 0.3) is 0 Å². The summed E-state index contributed by atoms with van der Waals surface area (Å²) in [4.78, 5) is 24.5. The van der Waals surface area contributed by atoms with Crippen LogP contribution < -0.4 is 20.7 Å². The van der Waals surface area contributed by atoms with Crippen LogP contribution in [0, 0.1) is 0 Å². The van der Waals surface area contributed by atoms with Gasteiger partial charge in [-0.15, -0.1) is 0 Å². The lowest BCUT2D eigenvalue weighted by molar-refractivity contribution is -0.114. The first-order valence-electron chi connectivity index (χ1n) is 11.5. The highest BCUT2D eigenvalue weighted by atomic mass is 16.5. The number of aryl methyl sites for hydroxylation is 1. The summed E-state index contributed by atoms with van der Waals surface area (Å²) in [5.41, 5.74) is 2.99. The molecule has 3 N–H and O–H groups in total. The Morgan fingerprint density at radius 2 is 1.59 bits per heavy atom. The molecular formula is C28H33N3O3. The number of carbonyl (C=O) groups is 2. The van der Waals surface area contributed by atoms with E-state index in [2.05, 4.69) is 28.1 Å². The number of ether oxygens (including phenoxy) is 1. The molecule has 0 atom stereocenters. The third-order valence-corrected chi connectivity index (χ3v) is 4.93. The van der Waals surface area contributed by atoms with Crippen LogP contribution >= 0.6 is 0 Å². The molecule has 3 rings (SSSR count). The summed E-state index contributed by atoms with van der Waals surface area (Å²) in [5.74, 6) is 0.442. The summed E-state index contributed by atoms with van der Waals surface area (Å²) in [6, 6.07) is 24.8. The van der Waals surface area contributed by atoms with Crippen molar-refractivity contribution in [3.05, 3.63) is 90.0 Å². The Morgan fingerprint density at radius 1 is 0.853 bits per heavy atom. The van der Waals surface area contributed by atoms with Gasteiger partial charge in [-0.1, -0.05) is 36.4 Å². The smallest absolute Gasteiger partial charge is 0.251 e. The molecule has 0 unspecified atom stereocenters. The molecule has 0 radical (unpaired) electrons. The molecule has 0 heterocycles. The fourth-order valence-corrected chi connectivity index (χ4v) is 3.31. The van der Waals surface area contributed by atoms with Crippen molar-refractivity contribution in [1.29, 1.82) is 0 Å². The zero-order chi connectivity index (χ0) is 24.4. The third kappa shape index (κ3) is 8.62. The summed E-state index contributed by atoms with van der Waals surface area (Å²) in [7, 11) is 0. The maximum absolute atomic E-state index is 12.3. The van der Waals surface area contributed by atoms with E-state index in [9.17, 15) is 9.59 Å². The quantitative estimate of drug-likeness (QED) is 0.361. The van der Waals surface area contributed by atoms with E-state index in [-0.39, 0.29) is 23.9 Å². The van der Waals surface area contributed by atoms with E-state index in [1.165, 1.54) is 5.56 Å². The highest BCUT2D eigenvalue weighted by Gasteiger charge is 2.15. The highest BCUT2D eigenvalue weighted by molar-refractivity contribution is 5.97. The van der Waals surface area contributed by atoms with Crippen molar-refractivity contribution in [2.75, 3.05) is 23.8 Å². The molecule has 34 heavy (non-hydrogen) atoms. The lowest BCUT2D eigenvalue weighted by atomic mass is 10.1. The molecular weight excluding hydrogens is 426 g/mol. The molecule has 0 saturated heterocycles. The molecule has 0 bridgehead atoms. The van der Waals surface area contributed by atoms with Crippen molar-refractivity contribution in [3.8, 4) is 5.75 Å². The maximum atomic E-state index is 12.3. The minimum atomic E-state index is -0.305. The van der Waals surface area contributed by atoms with Gasteiger partial charge in [0, 0.05) is 28.5 Å². The molecule has 6 nitrogen and oxygen atoms in total. The largest absolute Gasteiger partial charge is 0.494 e. The van der Waals surface area contributed by atoms with Crippen molar-refractivity contribution in [1.82, 2.24) is 5.32 Å². The lowest BCUT2D eigenvalue weighted by Gasteiger charge is -2.20. The first-order chi connectivity index (χ1) is 16.3. The molecule has 0 aliphatic carbocycles. The minimum absolute atomic E-state index is 0.115. The topological polar surface area (TPSA) is 79.5 Å². The van der Waals surface area contributed by atoms with Crippen LogP contribution in [-0.4, -0.2) is 30.5 Å². The van der Waals surface area contributed by atoms with Crippen LogP contribution in [0.4, 0.5) is 11.4 Å². The minimum Gasteiger partial charge on any atom is -0.494 e. The summed E-state index contributed by atoms with van der Waals surface area (Å²) >= 11 is 0. The number of rotatable bonds is 10. The van der Waals surface area contributed by atoms with Crippen LogP contribution in [0.1, 0.15) is 43.1 Å². The van der Waals surface area contributed by atoms with Crippen molar-refractivity contribution >= 4 is 23.2 Å². The molecule has 0 aliphatic heterocycles. The third-order valence-electron chi connectivity index (χ3n) is 4.93. The molecule has 6 heteroatoms. The van der Waals surface area contributed by atoms with Gasteiger partial charge in [0.1, 0.15) is 5.75 Å².